The number of hydrogen-bond donors (Lipinski definition) is 0. The van der Waals surface area contributed by atoms with Gasteiger partial charge in [-0.25, -0.2) is 0 Å². The van der Waals surface area contributed by atoms with E-state index in [1.807, 2.05) is 36.9 Å². The van der Waals surface area contributed by atoms with Gasteiger partial charge >= 0.3 is 0 Å². The number of ether oxygens (including phenoxy) is 1. The first-order valence-corrected chi connectivity index (χ1v) is 6.92. The predicted molar refractivity (Wildman–Crippen MR) is 82.2 cm³/mol. The Morgan fingerprint density at radius 2 is 2.20 bits per heavy atom. The van der Waals surface area contributed by atoms with E-state index in [0.29, 0.717) is 19.6 Å². The molecule has 0 aliphatic carbocycles. The molecule has 0 N–H and O–H groups in total. The maximum absolute atomic E-state index is 12.1. The van der Waals surface area contributed by atoms with Crippen molar-refractivity contribution in [2.24, 2.45) is 0 Å². The van der Waals surface area contributed by atoms with Crippen LogP contribution in [-0.4, -0.2) is 19.1 Å². The number of anilines is 1. The number of fused-ring (bicyclic) bond motifs is 1. The number of amides is 1. The minimum atomic E-state index is 0.190. The summed E-state index contributed by atoms with van der Waals surface area (Å²) in [6, 6.07) is 5.92. The van der Waals surface area contributed by atoms with Gasteiger partial charge in [0.2, 0.25) is 5.91 Å². The Morgan fingerprint density at radius 1 is 1.40 bits per heavy atom. The summed E-state index contributed by atoms with van der Waals surface area (Å²) >= 11 is 0. The SMILES string of the molecule is C=CCOc1ccc2c(c1)CCC(=O)N2CC=C(C)C. The van der Waals surface area contributed by atoms with Crippen LogP contribution in [0.1, 0.15) is 25.8 Å². The Morgan fingerprint density at radius 3 is 2.90 bits per heavy atom. The number of carbonyl (C=O) groups is 1. The van der Waals surface area contributed by atoms with E-state index in [1.165, 1.54) is 11.1 Å². The van der Waals surface area contributed by atoms with Crippen LogP contribution >= 0.6 is 0 Å². The second kappa shape index (κ2) is 6.42. The van der Waals surface area contributed by atoms with Crippen LogP contribution in [0.3, 0.4) is 0 Å². The van der Waals surface area contributed by atoms with E-state index in [0.717, 1.165) is 17.9 Å². The van der Waals surface area contributed by atoms with Crippen molar-refractivity contribution >= 4 is 11.6 Å². The van der Waals surface area contributed by atoms with E-state index in [1.54, 1.807) is 6.08 Å². The first-order chi connectivity index (χ1) is 9.61. The van der Waals surface area contributed by atoms with Gasteiger partial charge in [-0.05, 0) is 44.0 Å². The van der Waals surface area contributed by atoms with Gasteiger partial charge in [0, 0.05) is 18.7 Å². The number of allylic oxidation sites excluding steroid dienone is 1. The van der Waals surface area contributed by atoms with Crippen molar-refractivity contribution in [3.63, 3.8) is 0 Å². The van der Waals surface area contributed by atoms with Gasteiger partial charge in [0.05, 0.1) is 0 Å². The van der Waals surface area contributed by atoms with E-state index in [-0.39, 0.29) is 5.91 Å². The molecule has 20 heavy (non-hydrogen) atoms. The van der Waals surface area contributed by atoms with Gasteiger partial charge in [-0.1, -0.05) is 24.3 Å². The molecule has 1 aliphatic heterocycles. The first-order valence-electron chi connectivity index (χ1n) is 6.92. The molecule has 0 fully saturated rings. The average molecular weight is 271 g/mol. The summed E-state index contributed by atoms with van der Waals surface area (Å²) in [6.07, 6.45) is 5.15. The highest BCUT2D eigenvalue weighted by Gasteiger charge is 2.23. The summed E-state index contributed by atoms with van der Waals surface area (Å²) in [5, 5.41) is 0. The number of aryl methyl sites for hydroxylation is 1. The quantitative estimate of drug-likeness (QED) is 0.767. The van der Waals surface area contributed by atoms with Crippen molar-refractivity contribution in [2.75, 3.05) is 18.1 Å². The van der Waals surface area contributed by atoms with Crippen molar-refractivity contribution in [2.45, 2.75) is 26.7 Å². The zero-order valence-corrected chi connectivity index (χ0v) is 12.2. The molecule has 0 aromatic heterocycles. The minimum absolute atomic E-state index is 0.190. The molecule has 1 aromatic rings. The minimum Gasteiger partial charge on any atom is -0.490 e. The van der Waals surface area contributed by atoms with Crippen LogP contribution in [0.2, 0.25) is 0 Å². The molecule has 0 radical (unpaired) electrons. The lowest BCUT2D eigenvalue weighted by atomic mass is 10.0. The van der Waals surface area contributed by atoms with Gasteiger partial charge in [-0.3, -0.25) is 4.79 Å². The lowest BCUT2D eigenvalue weighted by Crippen LogP contribution is -2.35. The van der Waals surface area contributed by atoms with Gasteiger partial charge in [-0.2, -0.15) is 0 Å². The largest absolute Gasteiger partial charge is 0.490 e. The molecule has 1 heterocycles. The van der Waals surface area contributed by atoms with E-state index < -0.39 is 0 Å². The molecule has 0 unspecified atom stereocenters. The van der Waals surface area contributed by atoms with Gasteiger partial charge in [0.25, 0.3) is 0 Å². The van der Waals surface area contributed by atoms with Crippen molar-refractivity contribution in [1.82, 2.24) is 0 Å². The van der Waals surface area contributed by atoms with Crippen molar-refractivity contribution in [1.29, 1.82) is 0 Å². The fourth-order valence-electron chi connectivity index (χ4n) is 2.26. The molecule has 0 spiro atoms. The summed E-state index contributed by atoms with van der Waals surface area (Å²) in [6.45, 7) is 8.87. The zero-order chi connectivity index (χ0) is 14.5. The van der Waals surface area contributed by atoms with Gasteiger partial charge in [0.1, 0.15) is 12.4 Å². The first kappa shape index (κ1) is 14.4. The lowest BCUT2D eigenvalue weighted by molar-refractivity contribution is -0.118. The topological polar surface area (TPSA) is 29.5 Å². The number of nitrogens with zero attached hydrogens (tertiary/aromatic N) is 1. The molecule has 3 heteroatoms. The molecular weight excluding hydrogens is 250 g/mol. The second-order valence-electron chi connectivity index (χ2n) is 5.18. The lowest BCUT2D eigenvalue weighted by Gasteiger charge is -2.29. The Labute approximate surface area is 120 Å². The molecule has 0 atom stereocenters. The van der Waals surface area contributed by atoms with Gasteiger partial charge in [0.15, 0.2) is 0 Å². The van der Waals surface area contributed by atoms with Crippen LogP contribution in [0, 0.1) is 0 Å². The number of rotatable bonds is 5. The number of benzene rings is 1. The van der Waals surface area contributed by atoms with E-state index >= 15 is 0 Å². The van der Waals surface area contributed by atoms with Gasteiger partial charge in [-0.15, -0.1) is 0 Å². The summed E-state index contributed by atoms with van der Waals surface area (Å²) in [5.41, 5.74) is 3.40. The highest BCUT2D eigenvalue weighted by atomic mass is 16.5. The third-order valence-corrected chi connectivity index (χ3v) is 3.30. The molecule has 1 aliphatic rings. The van der Waals surface area contributed by atoms with Crippen LogP contribution in [0.25, 0.3) is 0 Å². The van der Waals surface area contributed by atoms with Crippen molar-refractivity contribution in [3.05, 3.63) is 48.1 Å². The molecule has 1 amide bonds. The van der Waals surface area contributed by atoms with Crippen LogP contribution in [0.5, 0.6) is 5.75 Å². The van der Waals surface area contributed by atoms with E-state index in [2.05, 4.69) is 12.7 Å². The van der Waals surface area contributed by atoms with Crippen LogP contribution in [0.4, 0.5) is 5.69 Å². The maximum Gasteiger partial charge on any atom is 0.227 e. The molecule has 0 saturated carbocycles. The highest BCUT2D eigenvalue weighted by Crippen LogP contribution is 2.31. The predicted octanol–water partition coefficient (Wildman–Crippen LogP) is 3.50. The van der Waals surface area contributed by atoms with Crippen LogP contribution < -0.4 is 9.64 Å². The van der Waals surface area contributed by atoms with E-state index in [9.17, 15) is 4.79 Å². The fraction of sp³-hybridized carbons (Fsp3) is 0.353. The third kappa shape index (κ3) is 3.29. The Bertz CT molecular complexity index is 542. The number of carbonyl (C=O) groups excluding carboxylic acids is 1. The molecule has 1 aromatic carbocycles. The fourth-order valence-corrected chi connectivity index (χ4v) is 2.26. The second-order valence-corrected chi connectivity index (χ2v) is 5.18. The Kier molecular flexibility index (Phi) is 4.61. The van der Waals surface area contributed by atoms with Crippen LogP contribution in [0.15, 0.2) is 42.5 Å². The summed E-state index contributed by atoms with van der Waals surface area (Å²) in [4.78, 5) is 13.9. The molecule has 2 rings (SSSR count). The third-order valence-electron chi connectivity index (χ3n) is 3.30. The molecule has 106 valence electrons. The monoisotopic (exact) mass is 271 g/mol. The zero-order valence-electron chi connectivity index (χ0n) is 12.2. The van der Waals surface area contributed by atoms with E-state index in [4.69, 9.17) is 4.74 Å². The standard InChI is InChI=1S/C17H21NO2/c1-4-11-20-15-6-7-16-14(12-15)5-8-17(19)18(16)10-9-13(2)3/h4,6-7,9,12H,1,5,8,10-11H2,2-3H3. The van der Waals surface area contributed by atoms with Crippen molar-refractivity contribution in [3.8, 4) is 5.75 Å². The molecule has 0 saturated heterocycles. The van der Waals surface area contributed by atoms with Crippen LogP contribution in [-0.2, 0) is 11.2 Å². The smallest absolute Gasteiger partial charge is 0.227 e. The van der Waals surface area contributed by atoms with Gasteiger partial charge < -0.3 is 9.64 Å². The maximum atomic E-state index is 12.1. The summed E-state index contributed by atoms with van der Waals surface area (Å²) < 4.78 is 5.55. The average Bonchev–Trinajstić information content (AvgIpc) is 2.43. The Hall–Kier alpha value is -2.03. The summed E-state index contributed by atoms with van der Waals surface area (Å²) in [7, 11) is 0. The van der Waals surface area contributed by atoms with Crippen molar-refractivity contribution < 1.29 is 9.53 Å². The molecular formula is C17H21NO2. The summed E-state index contributed by atoms with van der Waals surface area (Å²) in [5.74, 6) is 1.02. The highest BCUT2D eigenvalue weighted by molar-refractivity contribution is 5.96. The molecule has 0 bridgehead atoms. The molecule has 3 nitrogen and oxygen atoms in total. The number of hydrogen-bond acceptors (Lipinski definition) is 2. The normalized spacial score (nSPS) is 13.7. The Balaban J connectivity index is 2.24.